The van der Waals surface area contributed by atoms with E-state index in [9.17, 15) is 4.79 Å². The van der Waals surface area contributed by atoms with Crippen LogP contribution in [0.1, 0.15) is 5.56 Å². The normalized spacial score (nSPS) is 19.3. The number of benzene rings is 2. The highest BCUT2D eigenvalue weighted by Gasteiger charge is 2.39. The zero-order valence-electron chi connectivity index (χ0n) is 14.5. The van der Waals surface area contributed by atoms with Crippen molar-refractivity contribution >= 4 is 57.3 Å². The van der Waals surface area contributed by atoms with Crippen molar-refractivity contribution in [3.8, 4) is 5.75 Å². The van der Waals surface area contributed by atoms with Gasteiger partial charge in [0.15, 0.2) is 4.32 Å². The number of nitrogens with zero attached hydrogens (tertiary/aromatic N) is 2. The summed E-state index contributed by atoms with van der Waals surface area (Å²) in [4.78, 5) is 18.5. The van der Waals surface area contributed by atoms with Crippen molar-refractivity contribution in [2.45, 2.75) is 11.8 Å². The summed E-state index contributed by atoms with van der Waals surface area (Å²) in [6.45, 7) is 2.00. The van der Waals surface area contributed by atoms with E-state index in [1.54, 1.807) is 23.8 Å². The van der Waals surface area contributed by atoms with Crippen LogP contribution < -0.4 is 14.5 Å². The lowest BCUT2D eigenvalue weighted by atomic mass is 10.2. The predicted molar refractivity (Wildman–Crippen MR) is 113 cm³/mol. The standard InChI is InChI=1S/C19H16N2O2S3/c1-11-5-4-6-12(9-11)21-17(22)16(26-19(21)24)18-20(2)14-10-13(23-3)7-8-15(14)25-18/h4-10H,1-3H3/b18-16-. The van der Waals surface area contributed by atoms with Crippen LogP contribution in [-0.4, -0.2) is 24.4 Å². The molecule has 4 nitrogen and oxygen atoms in total. The molecule has 0 aliphatic carbocycles. The Morgan fingerprint density at radius 3 is 2.65 bits per heavy atom. The quantitative estimate of drug-likeness (QED) is 0.533. The van der Waals surface area contributed by atoms with Gasteiger partial charge in [0.1, 0.15) is 10.7 Å². The second kappa shape index (κ2) is 6.64. The molecule has 1 fully saturated rings. The number of aryl methyl sites for hydroxylation is 1. The summed E-state index contributed by atoms with van der Waals surface area (Å²) in [6.07, 6.45) is 0. The number of amides is 1. The largest absolute Gasteiger partial charge is 0.497 e. The monoisotopic (exact) mass is 400 g/mol. The molecule has 1 amide bonds. The summed E-state index contributed by atoms with van der Waals surface area (Å²) in [5, 5.41) is 0.903. The molecule has 2 aliphatic heterocycles. The maximum Gasteiger partial charge on any atom is 0.273 e. The number of ether oxygens (including phenoxy) is 1. The Balaban J connectivity index is 1.73. The lowest BCUT2D eigenvalue weighted by molar-refractivity contribution is -0.113. The minimum Gasteiger partial charge on any atom is -0.497 e. The van der Waals surface area contributed by atoms with Gasteiger partial charge in [0, 0.05) is 18.0 Å². The number of hydrogen-bond donors (Lipinski definition) is 0. The number of thioether (sulfide) groups is 2. The van der Waals surface area contributed by atoms with Crippen molar-refractivity contribution in [2.75, 3.05) is 24.0 Å². The van der Waals surface area contributed by atoms with Crippen LogP contribution in [0.25, 0.3) is 0 Å². The summed E-state index contributed by atoms with van der Waals surface area (Å²) in [7, 11) is 3.62. The lowest BCUT2D eigenvalue weighted by Gasteiger charge is -2.17. The Kier molecular flexibility index (Phi) is 4.46. The topological polar surface area (TPSA) is 32.8 Å². The molecule has 4 rings (SSSR count). The van der Waals surface area contributed by atoms with Gasteiger partial charge in [-0.05, 0) is 36.8 Å². The number of carbonyl (C=O) groups is 1. The highest BCUT2D eigenvalue weighted by Crippen LogP contribution is 2.51. The highest BCUT2D eigenvalue weighted by molar-refractivity contribution is 8.27. The van der Waals surface area contributed by atoms with E-state index in [-0.39, 0.29) is 5.91 Å². The SMILES string of the molecule is COc1ccc2c(c1)N(C)/C(=C1/SC(=S)N(c3cccc(C)c3)C1=O)S2. The highest BCUT2D eigenvalue weighted by atomic mass is 32.2. The van der Waals surface area contributed by atoms with Gasteiger partial charge >= 0.3 is 0 Å². The van der Waals surface area contributed by atoms with Gasteiger partial charge in [-0.3, -0.25) is 9.69 Å². The van der Waals surface area contributed by atoms with Crippen LogP contribution in [0.5, 0.6) is 5.75 Å². The smallest absolute Gasteiger partial charge is 0.273 e. The fourth-order valence-electron chi connectivity index (χ4n) is 2.94. The molecule has 2 heterocycles. The molecule has 0 aromatic heterocycles. The van der Waals surface area contributed by atoms with Crippen molar-refractivity contribution in [3.63, 3.8) is 0 Å². The van der Waals surface area contributed by atoms with E-state index in [4.69, 9.17) is 17.0 Å². The number of methoxy groups -OCH3 is 1. The molecule has 26 heavy (non-hydrogen) atoms. The van der Waals surface area contributed by atoms with Crippen molar-refractivity contribution in [3.05, 3.63) is 58.0 Å². The van der Waals surface area contributed by atoms with E-state index in [1.807, 2.05) is 61.3 Å². The van der Waals surface area contributed by atoms with Crippen LogP contribution in [0.4, 0.5) is 11.4 Å². The van der Waals surface area contributed by atoms with Crippen molar-refractivity contribution < 1.29 is 9.53 Å². The van der Waals surface area contributed by atoms with Crippen molar-refractivity contribution in [2.24, 2.45) is 0 Å². The number of fused-ring (bicyclic) bond motifs is 1. The molecule has 0 unspecified atom stereocenters. The third-order valence-electron chi connectivity index (χ3n) is 4.26. The Morgan fingerprint density at radius 1 is 1.12 bits per heavy atom. The molecule has 0 radical (unpaired) electrons. The second-order valence-electron chi connectivity index (χ2n) is 5.98. The number of hydrogen-bond acceptors (Lipinski definition) is 6. The van der Waals surface area contributed by atoms with E-state index in [0.717, 1.165) is 32.6 Å². The Labute approximate surface area is 166 Å². The number of thiocarbonyl (C=S) groups is 1. The van der Waals surface area contributed by atoms with Gasteiger partial charge in [0.25, 0.3) is 5.91 Å². The Hall–Kier alpha value is -1.96. The molecule has 0 spiro atoms. The van der Waals surface area contributed by atoms with E-state index in [2.05, 4.69) is 0 Å². The molecule has 7 heteroatoms. The molecule has 0 atom stereocenters. The van der Waals surface area contributed by atoms with E-state index in [1.165, 1.54) is 11.8 Å². The van der Waals surface area contributed by atoms with Crippen molar-refractivity contribution in [1.29, 1.82) is 0 Å². The molecule has 2 aromatic carbocycles. The molecular weight excluding hydrogens is 384 g/mol. The summed E-state index contributed by atoms with van der Waals surface area (Å²) >= 11 is 8.45. The molecular formula is C19H16N2O2S3. The van der Waals surface area contributed by atoms with Crippen LogP contribution >= 0.6 is 35.7 Å². The molecule has 0 saturated carbocycles. The first-order valence-electron chi connectivity index (χ1n) is 7.96. The van der Waals surface area contributed by atoms with Crippen molar-refractivity contribution in [1.82, 2.24) is 0 Å². The van der Waals surface area contributed by atoms with Gasteiger partial charge in [-0.15, -0.1) is 0 Å². The first-order valence-corrected chi connectivity index (χ1v) is 10.0. The molecule has 1 saturated heterocycles. The molecule has 0 N–H and O–H groups in total. The van der Waals surface area contributed by atoms with E-state index in [0.29, 0.717) is 9.23 Å². The van der Waals surface area contributed by atoms with Crippen LogP contribution in [0.2, 0.25) is 0 Å². The molecule has 2 aliphatic rings. The van der Waals surface area contributed by atoms with E-state index >= 15 is 0 Å². The molecule has 132 valence electrons. The van der Waals surface area contributed by atoms with Crippen LogP contribution in [0.15, 0.2) is 57.3 Å². The fraction of sp³-hybridized carbons (Fsp3) is 0.158. The van der Waals surface area contributed by atoms with Crippen LogP contribution in [-0.2, 0) is 4.79 Å². The first kappa shape index (κ1) is 17.5. The molecule has 2 aromatic rings. The number of carbonyl (C=O) groups excluding carboxylic acids is 1. The maximum atomic E-state index is 13.1. The Bertz CT molecular complexity index is 971. The first-order chi connectivity index (χ1) is 12.5. The number of anilines is 2. The van der Waals surface area contributed by atoms with Gasteiger partial charge in [-0.1, -0.05) is 47.9 Å². The predicted octanol–water partition coefficient (Wildman–Crippen LogP) is 4.78. The average Bonchev–Trinajstić information content (AvgIpc) is 3.11. The maximum absolute atomic E-state index is 13.1. The van der Waals surface area contributed by atoms with Gasteiger partial charge in [-0.25, -0.2) is 0 Å². The third kappa shape index (κ3) is 2.80. The zero-order chi connectivity index (χ0) is 18.4. The Morgan fingerprint density at radius 2 is 1.92 bits per heavy atom. The van der Waals surface area contributed by atoms with Crippen LogP contribution in [0.3, 0.4) is 0 Å². The van der Waals surface area contributed by atoms with Crippen LogP contribution in [0, 0.1) is 6.92 Å². The minimum atomic E-state index is -0.0697. The van der Waals surface area contributed by atoms with E-state index < -0.39 is 0 Å². The zero-order valence-corrected chi connectivity index (χ0v) is 16.9. The third-order valence-corrected chi connectivity index (χ3v) is 6.99. The second-order valence-corrected chi connectivity index (χ2v) is 8.65. The summed E-state index contributed by atoms with van der Waals surface area (Å²) in [5.74, 6) is 0.726. The molecule has 0 bridgehead atoms. The lowest BCUT2D eigenvalue weighted by Crippen LogP contribution is -2.28. The summed E-state index contributed by atoms with van der Waals surface area (Å²) < 4.78 is 5.88. The summed E-state index contributed by atoms with van der Waals surface area (Å²) in [6, 6.07) is 13.8. The number of rotatable bonds is 2. The van der Waals surface area contributed by atoms with Gasteiger partial charge in [-0.2, -0.15) is 0 Å². The fourth-order valence-corrected chi connectivity index (χ4v) is 5.54. The van der Waals surface area contributed by atoms with Gasteiger partial charge < -0.3 is 9.64 Å². The minimum absolute atomic E-state index is 0.0697. The average molecular weight is 401 g/mol. The van der Waals surface area contributed by atoms with Gasteiger partial charge in [0.05, 0.1) is 23.5 Å². The summed E-state index contributed by atoms with van der Waals surface area (Å²) in [5.41, 5.74) is 2.94. The van der Waals surface area contributed by atoms with Gasteiger partial charge in [0.2, 0.25) is 0 Å².